The number of rotatable bonds is 9. The summed E-state index contributed by atoms with van der Waals surface area (Å²) >= 11 is 2.43. The van der Waals surface area contributed by atoms with Gasteiger partial charge in [0.15, 0.2) is 0 Å². The zero-order valence-electron chi connectivity index (χ0n) is 62.4. The zero-order valence-corrected chi connectivity index (χ0v) is 68.1. The highest BCUT2D eigenvalue weighted by Gasteiger charge is 2.32. The first-order valence-electron chi connectivity index (χ1n) is 34.6. The lowest BCUT2D eigenvalue weighted by Crippen LogP contribution is -2.11. The molecule has 8 radical (unpaired) electrons. The minimum Gasteiger partial charge on any atom is -0.419 e. The monoisotopic (exact) mass is 1590 g/mol. The highest BCUT2D eigenvalue weighted by molar-refractivity contribution is 14.1. The number of anilines is 1. The fourth-order valence-corrected chi connectivity index (χ4v) is 22.6. The SMILES string of the molecule is [B]c1c(C)cc2c(op(Cc3cc(C)c(I)c(Cp4oc5cc(C)c(F)c(C)c5c5cc(C)c([B])c(C)c5o4)c3-c3c(Cp4oc5cc(C)c(F)c(C)c5c5cc(C)c([B])c(C)c5o4)c(C)c(C)c(N)c3Cp3oc4cc(C)c(F)c(C)c4c4cc(C)c([B])c(C)c4o3)oc3cc(C)c(F)c(C)c32)c1C. The summed E-state index contributed by atoms with van der Waals surface area (Å²) < 4.78 is 126. The van der Waals surface area contributed by atoms with Crippen molar-refractivity contribution in [3.63, 3.8) is 0 Å². The molecule has 0 aliphatic rings. The van der Waals surface area contributed by atoms with Crippen LogP contribution in [0, 0.1) is 158 Å². The molecule has 0 aliphatic heterocycles. The van der Waals surface area contributed by atoms with Crippen molar-refractivity contribution in [3.05, 3.63) is 209 Å². The average molecular weight is 1590 g/mol. The van der Waals surface area contributed by atoms with E-state index in [0.29, 0.717) is 199 Å². The van der Waals surface area contributed by atoms with E-state index in [-0.39, 0.29) is 47.9 Å². The van der Waals surface area contributed by atoms with Crippen LogP contribution in [-0.4, -0.2) is 31.4 Å². The summed E-state index contributed by atoms with van der Waals surface area (Å²) in [7, 11) is 19.3. The van der Waals surface area contributed by atoms with E-state index in [2.05, 4.69) is 35.6 Å². The quantitative estimate of drug-likeness (QED) is 0.0649. The van der Waals surface area contributed by atoms with Gasteiger partial charge in [-0.3, -0.25) is 0 Å². The summed E-state index contributed by atoms with van der Waals surface area (Å²) in [6, 6.07) is 16.8. The molecule has 4 heterocycles. The molecule has 4 atom stereocenters. The maximum Gasteiger partial charge on any atom is 0.221 e. The largest absolute Gasteiger partial charge is 0.419 e. The number of benzene rings is 10. The predicted octanol–water partition coefficient (Wildman–Crippen LogP) is 23.7. The van der Waals surface area contributed by atoms with Crippen LogP contribution < -0.4 is 27.6 Å². The van der Waals surface area contributed by atoms with Crippen LogP contribution in [0.3, 0.4) is 0 Å². The second-order valence-electron chi connectivity index (χ2n) is 28.7. The first-order chi connectivity index (χ1) is 49.6. The molecule has 0 bridgehead atoms. The minimum atomic E-state index is -2.16. The minimum absolute atomic E-state index is 0.0301. The normalized spacial score (nSPS) is 12.6. The summed E-state index contributed by atoms with van der Waals surface area (Å²) in [6.07, 6.45) is 0.345. The molecule has 9 nitrogen and oxygen atoms in total. The van der Waals surface area contributed by atoms with E-state index in [9.17, 15) is 0 Å². The number of hydrogen-bond donors (Lipinski definition) is 1. The lowest BCUT2D eigenvalue weighted by Gasteiger charge is -2.26. The highest BCUT2D eigenvalue weighted by atomic mass is 127. The van der Waals surface area contributed by atoms with Crippen molar-refractivity contribution in [2.75, 3.05) is 5.73 Å². The maximum absolute atomic E-state index is 16.6. The van der Waals surface area contributed by atoms with Crippen molar-refractivity contribution in [2.45, 2.75) is 156 Å². The van der Waals surface area contributed by atoms with Gasteiger partial charge in [-0.15, -0.1) is 0 Å². The highest BCUT2D eigenvalue weighted by Crippen LogP contribution is 2.55. The first kappa shape index (κ1) is 74.2. The molecule has 0 amide bonds. The number of fused-ring (bicyclic) bond motifs is 12. The maximum atomic E-state index is 16.6. The smallest absolute Gasteiger partial charge is 0.221 e. The number of halogens is 5. The topological polar surface area (TPSA) is 131 Å². The van der Waals surface area contributed by atoms with E-state index < -0.39 is 32.1 Å². The Hall–Kier alpha value is -7.69. The molecule has 0 spiro atoms. The molecule has 14 rings (SSSR count). The number of hydrogen-bond acceptors (Lipinski definition) is 9. The second-order valence-corrected chi connectivity index (χ2v) is 35.1. The van der Waals surface area contributed by atoms with Gasteiger partial charge >= 0.3 is 0 Å². The van der Waals surface area contributed by atoms with Crippen LogP contribution in [0.5, 0.6) is 0 Å². The van der Waals surface area contributed by atoms with E-state index in [0.717, 1.165) is 59.2 Å². The van der Waals surface area contributed by atoms with Gasteiger partial charge in [-0.05, 0) is 320 Å². The third-order valence-electron chi connectivity index (χ3n) is 21.7. The van der Waals surface area contributed by atoms with Crippen LogP contribution >= 0.6 is 54.6 Å². The van der Waals surface area contributed by atoms with E-state index in [1.807, 2.05) is 93.5 Å². The molecule has 0 saturated heterocycles. The summed E-state index contributed by atoms with van der Waals surface area (Å²) in [5.41, 5.74) is 29.9. The fourth-order valence-electron chi connectivity index (χ4n) is 15.5. The molecule has 105 heavy (non-hydrogen) atoms. The Kier molecular flexibility index (Phi) is 19.4. The molecule has 10 aromatic carbocycles. The molecule has 14 aromatic rings. The van der Waals surface area contributed by atoms with Crippen LogP contribution in [0.4, 0.5) is 23.2 Å². The van der Waals surface area contributed by atoms with Crippen molar-refractivity contribution < 1.29 is 51.1 Å². The van der Waals surface area contributed by atoms with Gasteiger partial charge in [0.05, 0.1) is 24.6 Å². The third kappa shape index (κ3) is 12.3. The Balaban J connectivity index is 1.19. The molecule has 4 unspecified atom stereocenters. The van der Waals surface area contributed by atoms with Crippen LogP contribution in [0.15, 0.2) is 88.2 Å². The van der Waals surface area contributed by atoms with Crippen molar-refractivity contribution in [3.8, 4) is 11.1 Å². The Labute approximate surface area is 630 Å². The van der Waals surface area contributed by atoms with Crippen LogP contribution in [0.2, 0.25) is 0 Å². The van der Waals surface area contributed by atoms with Gasteiger partial charge in [0.25, 0.3) is 0 Å². The second kappa shape index (κ2) is 27.5. The molecule has 0 aliphatic carbocycles. The van der Waals surface area contributed by atoms with Crippen molar-refractivity contribution in [1.29, 1.82) is 0 Å². The van der Waals surface area contributed by atoms with Crippen molar-refractivity contribution >= 4 is 201 Å². The lowest BCUT2D eigenvalue weighted by atomic mass is 9.84. The molecule has 2 N–H and O–H groups in total. The Morgan fingerprint density at radius 1 is 0.305 bits per heavy atom. The first-order valence-corrected chi connectivity index (χ1v) is 41.1. The molecule has 528 valence electrons. The van der Waals surface area contributed by atoms with Gasteiger partial charge in [0, 0.05) is 52.3 Å². The number of aryl methyl sites for hydroxylation is 17. The zero-order chi connectivity index (χ0) is 75.6. The number of nitrogen functional groups attached to an aromatic ring is 1. The van der Waals surface area contributed by atoms with Crippen molar-refractivity contribution in [1.82, 2.24) is 0 Å². The number of nitrogens with two attached hydrogens (primary N) is 1. The predicted molar refractivity (Wildman–Crippen MR) is 442 cm³/mol. The van der Waals surface area contributed by atoms with E-state index in [4.69, 9.17) is 70.7 Å². The van der Waals surface area contributed by atoms with Crippen LogP contribution in [-0.2, 0) is 24.6 Å². The van der Waals surface area contributed by atoms with Gasteiger partial charge in [-0.25, -0.2) is 17.6 Å². The summed E-state index contributed by atoms with van der Waals surface area (Å²) in [4.78, 5) is 0. The van der Waals surface area contributed by atoms with Crippen LogP contribution in [0.25, 0.3) is 98.9 Å². The molecule has 22 heteroatoms. The molecular formula is C83H76B4F4INO8P4. The van der Waals surface area contributed by atoms with Gasteiger partial charge in [0.1, 0.15) is 99.3 Å². The Morgan fingerprint density at radius 2 is 0.581 bits per heavy atom. The Bertz CT molecular complexity index is 6250. The van der Waals surface area contributed by atoms with Gasteiger partial charge < -0.3 is 39.3 Å². The van der Waals surface area contributed by atoms with Gasteiger partial charge in [-0.2, -0.15) is 0 Å². The molecular weight excluding hydrogens is 1510 g/mol. The molecule has 4 aromatic heterocycles. The van der Waals surface area contributed by atoms with Gasteiger partial charge in [-0.1, -0.05) is 50.2 Å². The Morgan fingerprint density at radius 3 is 0.886 bits per heavy atom. The lowest BCUT2D eigenvalue weighted by molar-refractivity contribution is 0.607. The summed E-state index contributed by atoms with van der Waals surface area (Å²) in [5.74, 6) is -1.47. The summed E-state index contributed by atoms with van der Waals surface area (Å²) in [5, 5.41) is 4.78. The average Bonchev–Trinajstić information content (AvgIpc) is 1.74. The van der Waals surface area contributed by atoms with E-state index in [1.54, 1.807) is 79.7 Å². The van der Waals surface area contributed by atoms with Crippen LogP contribution in [0.1, 0.15) is 128 Å². The standard InChI is InChI=1S/C83H76B4F4INO8P4/c1-33-21-53-64-44(12)74(88)37(5)25-60(64)94-102(98-80(53)48(16)70(33)84)29-52-20-41(9)78(92)58(31-104-96-62-27-39(7)76(90)46(14)66(62)55-23-35(3)72(86)50(18)82(55)100-104)68(52)69-57(30-103-95-61-26-38(6)75(89)45(13)65(61)54-22-34(2)71(85)49(17)81(54)99-103)42(10)43(11)79(93)59(69)32-105-97-63-28-40(8)77(91)47(15)67(63)56-24-36(4)73(87)51(19)83(56)101-105/h20-28H,29-32,93H2,1-19H3. The van der Waals surface area contributed by atoms with Crippen molar-refractivity contribution in [2.24, 2.45) is 0 Å². The van der Waals surface area contributed by atoms with E-state index >= 15 is 17.6 Å². The molecule has 0 fully saturated rings. The third-order valence-corrected chi connectivity index (χ3v) is 28.7. The van der Waals surface area contributed by atoms with E-state index in [1.165, 1.54) is 0 Å². The molecule has 0 saturated carbocycles. The fraction of sp³-hybridized carbons (Fsp3) is 0.277. The summed E-state index contributed by atoms with van der Waals surface area (Å²) in [6.45, 7) is 35.3. The van der Waals surface area contributed by atoms with Gasteiger partial charge in [0.2, 0.25) is 32.1 Å².